The summed E-state index contributed by atoms with van der Waals surface area (Å²) in [7, 11) is 0. The third-order valence-electron chi connectivity index (χ3n) is 4.57. The van der Waals surface area contributed by atoms with E-state index in [2.05, 4.69) is 66.4 Å². The van der Waals surface area contributed by atoms with E-state index in [9.17, 15) is 0 Å². The smallest absolute Gasteiger partial charge is 0.156 e. The Morgan fingerprint density at radius 2 is 2.04 bits per heavy atom. The van der Waals surface area contributed by atoms with Crippen molar-refractivity contribution in [3.8, 4) is 11.5 Å². The highest BCUT2D eigenvalue weighted by Crippen LogP contribution is 2.38. The molecule has 0 unspecified atom stereocenters. The van der Waals surface area contributed by atoms with Gasteiger partial charge in [-0.15, -0.1) is 0 Å². The molecule has 0 saturated carbocycles. The van der Waals surface area contributed by atoms with Crippen LogP contribution < -0.4 is 5.32 Å². The summed E-state index contributed by atoms with van der Waals surface area (Å²) in [5, 5.41) is 11.0. The molecule has 120 valence electrons. The number of hydrogen-bond acceptors (Lipinski definition) is 3. The molecule has 0 saturated heterocycles. The lowest BCUT2D eigenvalue weighted by Gasteiger charge is -2.16. The highest BCUT2D eigenvalue weighted by atomic mass is 15.1. The zero-order valence-electron chi connectivity index (χ0n) is 14.1. The molecule has 0 amide bonds. The van der Waals surface area contributed by atoms with Gasteiger partial charge in [0.1, 0.15) is 5.69 Å². The third-order valence-corrected chi connectivity index (χ3v) is 4.57. The number of H-pyrrole nitrogens is 2. The van der Waals surface area contributed by atoms with Gasteiger partial charge in [-0.2, -0.15) is 5.10 Å². The minimum absolute atomic E-state index is 0.160. The maximum Gasteiger partial charge on any atom is 0.156 e. The van der Waals surface area contributed by atoms with E-state index in [1.165, 1.54) is 11.3 Å². The number of aromatic nitrogens is 4. The highest BCUT2D eigenvalue weighted by molar-refractivity contribution is 5.85. The number of nitrogens with zero attached hydrogens (tertiary/aromatic N) is 2. The van der Waals surface area contributed by atoms with Crippen molar-refractivity contribution < 1.29 is 0 Å². The van der Waals surface area contributed by atoms with Gasteiger partial charge in [-0.05, 0) is 36.1 Å². The Kier molecular flexibility index (Phi) is 3.01. The molecule has 1 aromatic carbocycles. The minimum atomic E-state index is 0.160. The van der Waals surface area contributed by atoms with Crippen molar-refractivity contribution in [1.29, 1.82) is 0 Å². The lowest BCUT2D eigenvalue weighted by atomic mass is 9.87. The van der Waals surface area contributed by atoms with Gasteiger partial charge in [0.15, 0.2) is 5.82 Å². The molecule has 23 heavy (non-hydrogen) atoms. The summed E-state index contributed by atoms with van der Waals surface area (Å²) in [6.45, 7) is 9.91. The summed E-state index contributed by atoms with van der Waals surface area (Å²) in [6.07, 6.45) is 0.975. The van der Waals surface area contributed by atoms with Crippen LogP contribution in [0.15, 0.2) is 18.2 Å². The first kappa shape index (κ1) is 14.3. The fourth-order valence-electron chi connectivity index (χ4n) is 3.31. The maximum atomic E-state index is 4.73. The molecule has 0 aliphatic carbocycles. The lowest BCUT2D eigenvalue weighted by molar-refractivity contribution is 0.586. The van der Waals surface area contributed by atoms with Gasteiger partial charge in [0.05, 0.1) is 16.7 Å². The van der Waals surface area contributed by atoms with E-state index in [0.29, 0.717) is 5.92 Å². The second-order valence-electron chi connectivity index (χ2n) is 7.61. The van der Waals surface area contributed by atoms with Crippen molar-refractivity contribution >= 4 is 16.7 Å². The number of rotatable bonds is 3. The quantitative estimate of drug-likeness (QED) is 0.688. The van der Waals surface area contributed by atoms with Gasteiger partial charge in [0.25, 0.3) is 0 Å². The first-order valence-electron chi connectivity index (χ1n) is 8.25. The summed E-state index contributed by atoms with van der Waals surface area (Å²) in [5.74, 6) is 1.45. The lowest BCUT2D eigenvalue weighted by Crippen LogP contribution is -2.18. The molecular weight excluding hydrogens is 286 g/mol. The van der Waals surface area contributed by atoms with E-state index < -0.39 is 0 Å². The van der Waals surface area contributed by atoms with Crippen LogP contribution in [0.1, 0.15) is 39.0 Å². The van der Waals surface area contributed by atoms with E-state index >= 15 is 0 Å². The van der Waals surface area contributed by atoms with Crippen LogP contribution in [0, 0.1) is 5.92 Å². The largest absolute Gasteiger partial charge is 0.384 e. The molecule has 3 aromatic rings. The van der Waals surface area contributed by atoms with E-state index in [1.54, 1.807) is 0 Å². The van der Waals surface area contributed by atoms with Gasteiger partial charge in [-0.1, -0.05) is 27.7 Å². The Hall–Kier alpha value is -2.30. The first-order valence-corrected chi connectivity index (χ1v) is 8.25. The first-order chi connectivity index (χ1) is 10.9. The van der Waals surface area contributed by atoms with Crippen LogP contribution in [0.5, 0.6) is 0 Å². The summed E-state index contributed by atoms with van der Waals surface area (Å²) >= 11 is 0. The van der Waals surface area contributed by atoms with Gasteiger partial charge in [0, 0.05) is 17.6 Å². The van der Waals surface area contributed by atoms with Gasteiger partial charge >= 0.3 is 0 Å². The van der Waals surface area contributed by atoms with Gasteiger partial charge in [-0.25, -0.2) is 4.98 Å². The second-order valence-corrected chi connectivity index (χ2v) is 7.61. The maximum absolute atomic E-state index is 4.73. The summed E-state index contributed by atoms with van der Waals surface area (Å²) in [6, 6.07) is 6.46. The summed E-state index contributed by atoms with van der Waals surface area (Å²) in [5.41, 5.74) is 6.81. The predicted octanol–water partition coefficient (Wildman–Crippen LogP) is 3.85. The van der Waals surface area contributed by atoms with Crippen LogP contribution in [0.4, 0.5) is 5.69 Å². The predicted molar refractivity (Wildman–Crippen MR) is 93.7 cm³/mol. The van der Waals surface area contributed by atoms with Crippen LogP contribution in [-0.2, 0) is 11.8 Å². The Bertz CT molecular complexity index is 869. The molecular formula is C18H23N5. The average molecular weight is 309 g/mol. The molecule has 2 aromatic heterocycles. The topological polar surface area (TPSA) is 69.4 Å². The molecule has 0 fully saturated rings. The van der Waals surface area contributed by atoms with Crippen molar-refractivity contribution in [1.82, 2.24) is 20.2 Å². The highest BCUT2D eigenvalue weighted by Gasteiger charge is 2.30. The van der Waals surface area contributed by atoms with Crippen molar-refractivity contribution in [2.45, 2.75) is 39.5 Å². The number of benzene rings is 1. The number of fused-ring (bicyclic) bond motifs is 2. The van der Waals surface area contributed by atoms with Crippen molar-refractivity contribution in [3.05, 3.63) is 29.5 Å². The van der Waals surface area contributed by atoms with Crippen LogP contribution in [0.3, 0.4) is 0 Å². The Balaban J connectivity index is 1.74. The molecule has 3 N–H and O–H groups in total. The molecule has 3 heterocycles. The zero-order chi connectivity index (χ0) is 16.2. The second kappa shape index (κ2) is 4.85. The van der Waals surface area contributed by atoms with Gasteiger partial charge < -0.3 is 10.3 Å². The number of imidazole rings is 1. The standard InChI is InChI=1S/C18H23N5/c1-10(2)5-11-6-16(23-22-11)17-20-14-7-12-13(8-15(14)21-17)19-9-18(12,3)4/h6-8,10,19H,5,9H2,1-4H3,(H,20,21)(H,22,23). The molecule has 0 bridgehead atoms. The molecule has 1 aliphatic heterocycles. The fourth-order valence-corrected chi connectivity index (χ4v) is 3.31. The van der Waals surface area contributed by atoms with Crippen molar-refractivity contribution in [2.24, 2.45) is 5.92 Å². The Labute approximate surface area is 135 Å². The molecule has 5 nitrogen and oxygen atoms in total. The summed E-state index contributed by atoms with van der Waals surface area (Å²) in [4.78, 5) is 8.17. The fraction of sp³-hybridized carbons (Fsp3) is 0.444. The van der Waals surface area contributed by atoms with Crippen LogP contribution >= 0.6 is 0 Å². The van der Waals surface area contributed by atoms with Crippen molar-refractivity contribution in [2.75, 3.05) is 11.9 Å². The average Bonchev–Trinajstić information content (AvgIpc) is 3.14. The summed E-state index contributed by atoms with van der Waals surface area (Å²) < 4.78 is 0. The molecule has 0 radical (unpaired) electrons. The number of anilines is 1. The van der Waals surface area contributed by atoms with E-state index in [1.807, 2.05) is 0 Å². The number of hydrogen-bond donors (Lipinski definition) is 3. The molecule has 5 heteroatoms. The van der Waals surface area contributed by atoms with Crippen LogP contribution in [0.2, 0.25) is 0 Å². The number of aromatic amines is 2. The Morgan fingerprint density at radius 3 is 2.83 bits per heavy atom. The molecule has 4 rings (SSSR count). The van der Waals surface area contributed by atoms with E-state index in [4.69, 9.17) is 4.98 Å². The van der Waals surface area contributed by atoms with Crippen LogP contribution in [-0.4, -0.2) is 26.7 Å². The van der Waals surface area contributed by atoms with Gasteiger partial charge in [-0.3, -0.25) is 5.10 Å². The molecule has 0 spiro atoms. The molecule has 1 aliphatic rings. The monoisotopic (exact) mass is 309 g/mol. The zero-order valence-corrected chi connectivity index (χ0v) is 14.1. The SMILES string of the molecule is CC(C)Cc1cc(-c2nc3cc4c(cc3[nH]2)C(C)(C)CN4)[nH]n1. The normalized spacial score (nSPS) is 16.0. The van der Waals surface area contributed by atoms with E-state index in [0.717, 1.165) is 41.2 Å². The molecule has 0 atom stereocenters. The van der Waals surface area contributed by atoms with Gasteiger partial charge in [0.2, 0.25) is 0 Å². The Morgan fingerprint density at radius 1 is 1.22 bits per heavy atom. The third kappa shape index (κ3) is 2.40. The van der Waals surface area contributed by atoms with Crippen molar-refractivity contribution in [3.63, 3.8) is 0 Å². The minimum Gasteiger partial charge on any atom is -0.384 e. The van der Waals surface area contributed by atoms with E-state index in [-0.39, 0.29) is 5.41 Å². The van der Waals surface area contributed by atoms with Crippen LogP contribution in [0.25, 0.3) is 22.6 Å². The number of nitrogens with one attached hydrogen (secondary N) is 3.